The van der Waals surface area contributed by atoms with Gasteiger partial charge in [-0.05, 0) is 28.5 Å². The Kier molecular flexibility index (Phi) is 4.58. The maximum absolute atomic E-state index is 12.5. The molecule has 4 aromatic rings. The van der Waals surface area contributed by atoms with Crippen molar-refractivity contribution in [2.75, 3.05) is 12.4 Å². The zero-order valence-corrected chi connectivity index (χ0v) is 14.9. The third-order valence-corrected chi connectivity index (χ3v) is 4.48. The smallest absolute Gasteiger partial charge is 0.319 e. The summed E-state index contributed by atoms with van der Waals surface area (Å²) in [6.45, 7) is 0.433. The van der Waals surface area contributed by atoms with Crippen molar-refractivity contribution >= 4 is 33.4 Å². The van der Waals surface area contributed by atoms with Crippen LogP contribution in [0.2, 0.25) is 0 Å². The van der Waals surface area contributed by atoms with Gasteiger partial charge in [-0.15, -0.1) is 0 Å². The molecular formula is C22H19N3O2. The normalized spacial score (nSPS) is 10.7. The number of hydrogen-bond acceptors (Lipinski definition) is 3. The SMILES string of the molecule is COc1cc(NC(=O)NCc2cccc3ccccc23)c2ncccc2c1. The number of nitrogens with one attached hydrogen (secondary N) is 2. The van der Waals surface area contributed by atoms with Crippen LogP contribution in [0.3, 0.4) is 0 Å². The molecule has 0 atom stereocenters. The summed E-state index contributed by atoms with van der Waals surface area (Å²) in [7, 11) is 1.60. The van der Waals surface area contributed by atoms with E-state index in [1.807, 2.05) is 42.5 Å². The van der Waals surface area contributed by atoms with E-state index >= 15 is 0 Å². The lowest BCUT2D eigenvalue weighted by atomic mass is 10.0. The van der Waals surface area contributed by atoms with E-state index in [0.29, 0.717) is 18.0 Å². The number of methoxy groups -OCH3 is 1. The van der Waals surface area contributed by atoms with Crippen molar-refractivity contribution in [3.8, 4) is 5.75 Å². The molecule has 5 heteroatoms. The van der Waals surface area contributed by atoms with Gasteiger partial charge >= 0.3 is 6.03 Å². The molecule has 4 rings (SSSR count). The van der Waals surface area contributed by atoms with Gasteiger partial charge in [0.1, 0.15) is 5.75 Å². The van der Waals surface area contributed by atoms with E-state index in [2.05, 4.69) is 33.8 Å². The van der Waals surface area contributed by atoms with E-state index in [-0.39, 0.29) is 6.03 Å². The lowest BCUT2D eigenvalue weighted by Gasteiger charge is -2.12. The summed E-state index contributed by atoms with van der Waals surface area (Å²) in [4.78, 5) is 16.8. The van der Waals surface area contributed by atoms with Crippen molar-refractivity contribution in [2.24, 2.45) is 0 Å². The van der Waals surface area contributed by atoms with Gasteiger partial charge in [0.25, 0.3) is 0 Å². The number of nitrogens with zero attached hydrogens (tertiary/aromatic N) is 1. The minimum Gasteiger partial charge on any atom is -0.497 e. The Morgan fingerprint density at radius 3 is 2.70 bits per heavy atom. The third-order valence-electron chi connectivity index (χ3n) is 4.48. The summed E-state index contributed by atoms with van der Waals surface area (Å²) < 4.78 is 5.32. The first-order valence-corrected chi connectivity index (χ1v) is 8.69. The van der Waals surface area contributed by atoms with Gasteiger partial charge in [0.15, 0.2) is 0 Å². The first-order chi connectivity index (χ1) is 13.2. The molecule has 27 heavy (non-hydrogen) atoms. The van der Waals surface area contributed by atoms with Crippen molar-refractivity contribution in [1.29, 1.82) is 0 Å². The monoisotopic (exact) mass is 357 g/mol. The number of rotatable bonds is 4. The molecule has 0 fully saturated rings. The molecule has 0 saturated heterocycles. The van der Waals surface area contributed by atoms with Crippen LogP contribution >= 0.6 is 0 Å². The molecule has 0 radical (unpaired) electrons. The van der Waals surface area contributed by atoms with Gasteiger partial charge in [-0.2, -0.15) is 0 Å². The molecule has 0 unspecified atom stereocenters. The molecule has 0 bridgehead atoms. The number of benzene rings is 3. The fourth-order valence-electron chi connectivity index (χ4n) is 3.17. The lowest BCUT2D eigenvalue weighted by molar-refractivity contribution is 0.252. The molecule has 134 valence electrons. The molecule has 2 amide bonds. The van der Waals surface area contributed by atoms with Crippen molar-refractivity contribution in [3.05, 3.63) is 78.5 Å². The largest absolute Gasteiger partial charge is 0.497 e. The zero-order chi connectivity index (χ0) is 18.6. The van der Waals surface area contributed by atoms with Gasteiger partial charge in [0.05, 0.1) is 18.3 Å². The number of carbonyl (C=O) groups excluding carboxylic acids is 1. The van der Waals surface area contributed by atoms with Crippen molar-refractivity contribution in [2.45, 2.75) is 6.54 Å². The molecule has 1 heterocycles. The molecule has 3 aromatic carbocycles. The van der Waals surface area contributed by atoms with Crippen LogP contribution in [-0.4, -0.2) is 18.1 Å². The number of anilines is 1. The highest BCUT2D eigenvalue weighted by atomic mass is 16.5. The number of pyridine rings is 1. The van der Waals surface area contributed by atoms with Crippen LogP contribution in [-0.2, 0) is 6.54 Å². The van der Waals surface area contributed by atoms with Gasteiger partial charge in [-0.1, -0.05) is 48.5 Å². The van der Waals surface area contributed by atoms with Crippen molar-refractivity contribution in [1.82, 2.24) is 10.3 Å². The summed E-state index contributed by atoms with van der Waals surface area (Å²) in [5, 5.41) is 9.00. The summed E-state index contributed by atoms with van der Waals surface area (Å²) in [6.07, 6.45) is 1.70. The second-order valence-corrected chi connectivity index (χ2v) is 6.20. The van der Waals surface area contributed by atoms with Crippen LogP contribution in [0, 0.1) is 0 Å². The molecule has 0 aliphatic heterocycles. The van der Waals surface area contributed by atoms with E-state index in [4.69, 9.17) is 4.74 Å². The molecule has 0 aliphatic rings. The fraction of sp³-hybridized carbons (Fsp3) is 0.0909. The highest BCUT2D eigenvalue weighted by Crippen LogP contribution is 2.27. The van der Waals surface area contributed by atoms with Crippen LogP contribution in [0.4, 0.5) is 10.5 Å². The van der Waals surface area contributed by atoms with E-state index in [1.165, 1.54) is 0 Å². The topological polar surface area (TPSA) is 63.2 Å². The van der Waals surface area contributed by atoms with Crippen LogP contribution < -0.4 is 15.4 Å². The van der Waals surface area contributed by atoms with Gasteiger partial charge in [-0.3, -0.25) is 4.98 Å². The predicted molar refractivity (Wildman–Crippen MR) is 108 cm³/mol. The number of amides is 2. The number of aromatic nitrogens is 1. The third kappa shape index (κ3) is 3.53. The summed E-state index contributed by atoms with van der Waals surface area (Å²) >= 11 is 0. The molecular weight excluding hydrogens is 338 g/mol. The molecule has 1 aromatic heterocycles. The molecule has 5 nitrogen and oxygen atoms in total. The second-order valence-electron chi connectivity index (χ2n) is 6.20. The van der Waals surface area contributed by atoms with Crippen LogP contribution in [0.15, 0.2) is 72.9 Å². The van der Waals surface area contributed by atoms with Crippen molar-refractivity contribution in [3.63, 3.8) is 0 Å². The number of carbonyl (C=O) groups is 1. The van der Waals surface area contributed by atoms with Gasteiger partial charge in [0, 0.05) is 24.2 Å². The summed E-state index contributed by atoms with van der Waals surface area (Å²) in [6, 6.07) is 21.4. The lowest BCUT2D eigenvalue weighted by Crippen LogP contribution is -2.28. The quantitative estimate of drug-likeness (QED) is 0.555. The Labute approximate surface area is 157 Å². The van der Waals surface area contributed by atoms with E-state index < -0.39 is 0 Å². The van der Waals surface area contributed by atoms with E-state index in [1.54, 1.807) is 19.4 Å². The van der Waals surface area contributed by atoms with Crippen LogP contribution in [0.5, 0.6) is 5.75 Å². The highest BCUT2D eigenvalue weighted by Gasteiger charge is 2.10. The predicted octanol–water partition coefficient (Wildman–Crippen LogP) is 4.72. The Balaban J connectivity index is 1.54. The van der Waals surface area contributed by atoms with Crippen LogP contribution in [0.1, 0.15) is 5.56 Å². The fourth-order valence-corrected chi connectivity index (χ4v) is 3.17. The van der Waals surface area contributed by atoms with Gasteiger partial charge < -0.3 is 15.4 Å². The Hall–Kier alpha value is -3.60. The first-order valence-electron chi connectivity index (χ1n) is 8.69. The molecule has 0 saturated carbocycles. The van der Waals surface area contributed by atoms with E-state index in [9.17, 15) is 4.79 Å². The maximum Gasteiger partial charge on any atom is 0.319 e. The minimum absolute atomic E-state index is 0.289. The summed E-state index contributed by atoms with van der Waals surface area (Å²) in [5.41, 5.74) is 2.40. The number of hydrogen-bond donors (Lipinski definition) is 2. The molecule has 2 N–H and O–H groups in total. The average Bonchev–Trinajstić information content (AvgIpc) is 2.72. The average molecular weight is 357 g/mol. The Morgan fingerprint density at radius 1 is 1.00 bits per heavy atom. The summed E-state index contributed by atoms with van der Waals surface area (Å²) in [5.74, 6) is 0.667. The van der Waals surface area contributed by atoms with Gasteiger partial charge in [-0.25, -0.2) is 4.79 Å². The zero-order valence-electron chi connectivity index (χ0n) is 14.9. The maximum atomic E-state index is 12.5. The molecule has 0 aliphatic carbocycles. The number of fused-ring (bicyclic) bond motifs is 2. The Bertz CT molecular complexity index is 1120. The minimum atomic E-state index is -0.289. The number of ether oxygens (including phenoxy) is 1. The molecule has 0 spiro atoms. The number of urea groups is 1. The van der Waals surface area contributed by atoms with Crippen molar-refractivity contribution < 1.29 is 9.53 Å². The van der Waals surface area contributed by atoms with Crippen LogP contribution in [0.25, 0.3) is 21.7 Å². The van der Waals surface area contributed by atoms with E-state index in [0.717, 1.165) is 27.2 Å². The Morgan fingerprint density at radius 2 is 1.81 bits per heavy atom. The van der Waals surface area contributed by atoms with Gasteiger partial charge in [0.2, 0.25) is 0 Å². The standard InChI is InChI=1S/C22H19N3O2/c1-27-18-12-16-9-5-11-23-21(16)20(13-18)25-22(26)24-14-17-8-4-7-15-6-2-3-10-19(15)17/h2-13H,14H2,1H3,(H2,24,25,26). The first kappa shape index (κ1) is 16.8. The highest BCUT2D eigenvalue weighted by molar-refractivity contribution is 6.00. The second kappa shape index (κ2) is 7.33.